The summed E-state index contributed by atoms with van der Waals surface area (Å²) in [6, 6.07) is 5.97. The molecular weight excluding hydrogens is 263 g/mol. The highest BCUT2D eigenvalue weighted by Crippen LogP contribution is 2.26. The maximum absolute atomic E-state index is 5.97. The van der Waals surface area contributed by atoms with Gasteiger partial charge in [-0.2, -0.15) is 0 Å². The van der Waals surface area contributed by atoms with Gasteiger partial charge in [0, 0.05) is 5.33 Å². The smallest absolute Gasteiger partial charge is 0.138 e. The van der Waals surface area contributed by atoms with Crippen molar-refractivity contribution in [2.45, 2.75) is 19.8 Å². The van der Waals surface area contributed by atoms with Gasteiger partial charge in [-0.25, -0.2) is 0 Å². The van der Waals surface area contributed by atoms with Gasteiger partial charge in [0.05, 0.1) is 11.6 Å². The first-order valence-electron chi connectivity index (χ1n) is 4.75. The van der Waals surface area contributed by atoms with E-state index in [1.54, 1.807) is 0 Å². The molecule has 14 heavy (non-hydrogen) atoms. The summed E-state index contributed by atoms with van der Waals surface area (Å²) < 4.78 is 5.41. The van der Waals surface area contributed by atoms with Crippen LogP contribution >= 0.6 is 27.5 Å². The quantitative estimate of drug-likeness (QED) is 0.737. The number of rotatable bonds is 5. The summed E-state index contributed by atoms with van der Waals surface area (Å²) in [4.78, 5) is 0. The Morgan fingerprint density at radius 3 is 2.86 bits per heavy atom. The van der Waals surface area contributed by atoms with Crippen molar-refractivity contribution in [2.75, 3.05) is 11.9 Å². The van der Waals surface area contributed by atoms with Crippen LogP contribution in [0.15, 0.2) is 18.2 Å². The van der Waals surface area contributed by atoms with Crippen molar-refractivity contribution in [3.63, 3.8) is 0 Å². The number of hydrogen-bond donors (Lipinski definition) is 0. The lowest BCUT2D eigenvalue weighted by Gasteiger charge is -2.07. The van der Waals surface area contributed by atoms with Gasteiger partial charge in [0.15, 0.2) is 0 Å². The van der Waals surface area contributed by atoms with Gasteiger partial charge in [0.2, 0.25) is 0 Å². The minimum absolute atomic E-state index is 0.654. The molecule has 0 unspecified atom stereocenters. The van der Waals surface area contributed by atoms with Gasteiger partial charge in [-0.1, -0.05) is 33.6 Å². The van der Waals surface area contributed by atoms with Crippen molar-refractivity contribution in [3.05, 3.63) is 28.8 Å². The van der Waals surface area contributed by atoms with Crippen LogP contribution in [0.25, 0.3) is 0 Å². The summed E-state index contributed by atoms with van der Waals surface area (Å²) in [6.45, 7) is 2.61. The van der Waals surface area contributed by atoms with Gasteiger partial charge in [0.1, 0.15) is 5.75 Å². The largest absolute Gasteiger partial charge is 0.492 e. The van der Waals surface area contributed by atoms with Crippen LogP contribution in [0.1, 0.15) is 18.9 Å². The Balaban J connectivity index is 2.72. The van der Waals surface area contributed by atoms with Crippen molar-refractivity contribution in [1.82, 2.24) is 0 Å². The summed E-state index contributed by atoms with van der Waals surface area (Å²) in [6.07, 6.45) is 2.19. The average molecular weight is 278 g/mol. The van der Waals surface area contributed by atoms with Crippen LogP contribution in [-0.4, -0.2) is 11.9 Å². The molecule has 0 spiro atoms. The number of ether oxygens (including phenoxy) is 1. The standard InChI is InChI=1S/C11H14BrClO/c1-2-14-11-8-9(4-3-7-12)5-6-10(11)13/h5-6,8H,2-4,7H2,1H3. The highest BCUT2D eigenvalue weighted by Gasteiger charge is 2.02. The first-order valence-corrected chi connectivity index (χ1v) is 6.25. The van der Waals surface area contributed by atoms with Crippen LogP contribution in [0.2, 0.25) is 5.02 Å². The van der Waals surface area contributed by atoms with Crippen LogP contribution < -0.4 is 4.74 Å². The van der Waals surface area contributed by atoms with Gasteiger partial charge in [-0.15, -0.1) is 0 Å². The van der Waals surface area contributed by atoms with Crippen LogP contribution in [0.3, 0.4) is 0 Å². The number of halogens is 2. The Hall–Kier alpha value is -0.210. The van der Waals surface area contributed by atoms with Crippen LogP contribution in [0.5, 0.6) is 5.75 Å². The molecule has 0 aliphatic carbocycles. The highest BCUT2D eigenvalue weighted by molar-refractivity contribution is 9.09. The lowest BCUT2D eigenvalue weighted by atomic mass is 10.1. The highest BCUT2D eigenvalue weighted by atomic mass is 79.9. The van der Waals surface area contributed by atoms with E-state index in [1.807, 2.05) is 25.1 Å². The van der Waals surface area contributed by atoms with E-state index < -0.39 is 0 Å². The summed E-state index contributed by atoms with van der Waals surface area (Å²) in [5.74, 6) is 0.793. The molecule has 78 valence electrons. The minimum atomic E-state index is 0.654. The summed E-state index contributed by atoms with van der Waals surface area (Å²) in [7, 11) is 0. The molecule has 1 rings (SSSR count). The van der Waals surface area contributed by atoms with Crippen molar-refractivity contribution >= 4 is 27.5 Å². The Labute approximate surface area is 98.5 Å². The topological polar surface area (TPSA) is 9.23 Å². The second kappa shape index (κ2) is 6.31. The predicted molar refractivity (Wildman–Crippen MR) is 64.7 cm³/mol. The Morgan fingerprint density at radius 2 is 2.21 bits per heavy atom. The molecule has 0 heterocycles. The first-order chi connectivity index (χ1) is 6.77. The number of aryl methyl sites for hydroxylation is 1. The first kappa shape index (κ1) is 11.9. The maximum atomic E-state index is 5.97. The molecular formula is C11H14BrClO. The Morgan fingerprint density at radius 1 is 1.43 bits per heavy atom. The molecule has 0 saturated carbocycles. The van der Waals surface area contributed by atoms with E-state index in [-0.39, 0.29) is 0 Å². The van der Waals surface area contributed by atoms with E-state index in [2.05, 4.69) is 15.9 Å². The third-order valence-electron chi connectivity index (χ3n) is 1.89. The molecule has 0 aliphatic rings. The van der Waals surface area contributed by atoms with E-state index in [0.29, 0.717) is 11.6 Å². The molecule has 0 aliphatic heterocycles. The Bertz CT molecular complexity index is 289. The van der Waals surface area contributed by atoms with Crippen molar-refractivity contribution in [2.24, 2.45) is 0 Å². The zero-order chi connectivity index (χ0) is 10.4. The predicted octanol–water partition coefficient (Wildman–Crippen LogP) is 4.07. The SMILES string of the molecule is CCOc1cc(CCCBr)ccc1Cl. The van der Waals surface area contributed by atoms with Crippen LogP contribution in [-0.2, 0) is 6.42 Å². The molecule has 3 heteroatoms. The second-order valence-corrected chi connectivity index (χ2v) is 4.19. The van der Waals surface area contributed by atoms with E-state index in [9.17, 15) is 0 Å². The molecule has 0 N–H and O–H groups in total. The van der Waals surface area contributed by atoms with E-state index >= 15 is 0 Å². The average Bonchev–Trinajstić information content (AvgIpc) is 2.19. The summed E-state index contributed by atoms with van der Waals surface area (Å²) in [5, 5.41) is 1.72. The normalized spacial score (nSPS) is 10.2. The van der Waals surface area contributed by atoms with Gasteiger partial charge < -0.3 is 4.74 Å². The van der Waals surface area contributed by atoms with Crippen LogP contribution in [0, 0.1) is 0 Å². The van der Waals surface area contributed by atoms with Gasteiger partial charge >= 0.3 is 0 Å². The second-order valence-electron chi connectivity index (χ2n) is 2.99. The number of alkyl halides is 1. The fourth-order valence-corrected chi connectivity index (χ4v) is 1.69. The number of benzene rings is 1. The fraction of sp³-hybridized carbons (Fsp3) is 0.455. The maximum Gasteiger partial charge on any atom is 0.138 e. The molecule has 0 radical (unpaired) electrons. The van der Waals surface area contributed by atoms with Gasteiger partial charge in [-0.05, 0) is 37.5 Å². The molecule has 0 fully saturated rings. The van der Waals surface area contributed by atoms with E-state index in [4.69, 9.17) is 16.3 Å². The monoisotopic (exact) mass is 276 g/mol. The molecule has 0 saturated heterocycles. The molecule has 1 aromatic rings. The minimum Gasteiger partial charge on any atom is -0.492 e. The van der Waals surface area contributed by atoms with Crippen molar-refractivity contribution < 1.29 is 4.74 Å². The lowest BCUT2D eigenvalue weighted by Crippen LogP contribution is -1.94. The van der Waals surface area contributed by atoms with Crippen molar-refractivity contribution in [1.29, 1.82) is 0 Å². The molecule has 0 atom stereocenters. The summed E-state index contributed by atoms with van der Waals surface area (Å²) in [5.41, 5.74) is 1.28. The fourth-order valence-electron chi connectivity index (χ4n) is 1.24. The third-order valence-corrected chi connectivity index (χ3v) is 2.77. The Kier molecular flexibility index (Phi) is 5.34. The molecule has 0 aromatic heterocycles. The van der Waals surface area contributed by atoms with Crippen LogP contribution in [0.4, 0.5) is 0 Å². The van der Waals surface area contributed by atoms with E-state index in [0.717, 1.165) is 23.9 Å². The zero-order valence-electron chi connectivity index (χ0n) is 8.22. The molecule has 1 aromatic carbocycles. The zero-order valence-corrected chi connectivity index (χ0v) is 10.6. The molecule has 0 bridgehead atoms. The van der Waals surface area contributed by atoms with E-state index in [1.165, 1.54) is 5.56 Å². The molecule has 1 nitrogen and oxygen atoms in total. The van der Waals surface area contributed by atoms with Crippen molar-refractivity contribution in [3.8, 4) is 5.75 Å². The summed E-state index contributed by atoms with van der Waals surface area (Å²) >= 11 is 9.39. The third kappa shape index (κ3) is 3.50. The lowest BCUT2D eigenvalue weighted by molar-refractivity contribution is 0.340. The van der Waals surface area contributed by atoms with Gasteiger partial charge in [-0.3, -0.25) is 0 Å². The number of hydrogen-bond acceptors (Lipinski definition) is 1. The van der Waals surface area contributed by atoms with Gasteiger partial charge in [0.25, 0.3) is 0 Å². The molecule has 0 amide bonds.